The highest BCUT2D eigenvalue weighted by Crippen LogP contribution is 2.38. The average molecular weight is 291 g/mol. The van der Waals surface area contributed by atoms with Crippen LogP contribution < -0.4 is 11.5 Å². The maximum atomic E-state index is 11.1. The lowest BCUT2D eigenvalue weighted by atomic mass is 9.89. The van der Waals surface area contributed by atoms with E-state index in [0.717, 1.165) is 37.4 Å². The van der Waals surface area contributed by atoms with Crippen LogP contribution in [0.25, 0.3) is 0 Å². The first kappa shape index (κ1) is 14.1. The number of piperidine rings is 1. The molecule has 1 aromatic heterocycles. The molecule has 2 aliphatic rings. The Bertz CT molecular complexity index is 551. The predicted octanol–water partition coefficient (Wildman–Crippen LogP) is 1.74. The molecule has 0 aromatic carbocycles. The van der Waals surface area contributed by atoms with Crippen LogP contribution in [0.2, 0.25) is 0 Å². The van der Waals surface area contributed by atoms with E-state index in [1.807, 2.05) is 0 Å². The molecule has 3 rings (SSSR count). The van der Waals surface area contributed by atoms with Crippen molar-refractivity contribution in [2.24, 2.45) is 5.92 Å². The zero-order chi connectivity index (χ0) is 15.0. The first-order chi connectivity index (χ1) is 10.1. The van der Waals surface area contributed by atoms with Gasteiger partial charge in [0.1, 0.15) is 5.69 Å². The first-order valence-electron chi connectivity index (χ1n) is 7.47. The lowest BCUT2D eigenvalue weighted by Crippen LogP contribution is -2.34. The molecule has 0 radical (unpaired) electrons. The summed E-state index contributed by atoms with van der Waals surface area (Å²) < 4.78 is 0. The Morgan fingerprint density at radius 1 is 1.29 bits per heavy atom. The number of nitrogens with zero attached hydrogens (tertiary/aromatic N) is 3. The van der Waals surface area contributed by atoms with Crippen molar-refractivity contribution in [3.63, 3.8) is 0 Å². The Kier molecular flexibility index (Phi) is 3.67. The Morgan fingerprint density at radius 3 is 2.52 bits per heavy atom. The lowest BCUT2D eigenvalue weighted by molar-refractivity contribution is -0.383. The van der Waals surface area contributed by atoms with Crippen LogP contribution in [0.3, 0.4) is 0 Å². The molecule has 1 saturated heterocycles. The van der Waals surface area contributed by atoms with Gasteiger partial charge in [-0.2, -0.15) is 0 Å². The molecule has 1 aliphatic heterocycles. The SMILES string of the molecule is Nc1ncc(C2CCN(CC3CC3)CC2)c(N)c1[N+](=O)[O-]. The number of hydrogen-bond acceptors (Lipinski definition) is 6. The van der Waals surface area contributed by atoms with E-state index in [1.54, 1.807) is 6.20 Å². The molecule has 2 heterocycles. The van der Waals surface area contributed by atoms with Crippen LogP contribution in [0.5, 0.6) is 0 Å². The summed E-state index contributed by atoms with van der Waals surface area (Å²) in [6.45, 7) is 3.25. The second kappa shape index (κ2) is 5.48. The number of aromatic nitrogens is 1. The minimum atomic E-state index is -0.538. The third-order valence-corrected chi connectivity index (χ3v) is 4.57. The zero-order valence-electron chi connectivity index (χ0n) is 12.0. The van der Waals surface area contributed by atoms with Crippen molar-refractivity contribution in [1.82, 2.24) is 9.88 Å². The first-order valence-corrected chi connectivity index (χ1v) is 7.47. The zero-order valence-corrected chi connectivity index (χ0v) is 12.0. The summed E-state index contributed by atoms with van der Waals surface area (Å²) in [4.78, 5) is 17.0. The van der Waals surface area contributed by atoms with Crippen molar-refractivity contribution in [3.05, 3.63) is 21.9 Å². The highest BCUT2D eigenvalue weighted by atomic mass is 16.6. The predicted molar refractivity (Wildman–Crippen MR) is 80.9 cm³/mol. The topological polar surface area (TPSA) is 111 Å². The molecule has 0 unspecified atom stereocenters. The van der Waals surface area contributed by atoms with E-state index >= 15 is 0 Å². The van der Waals surface area contributed by atoms with Gasteiger partial charge in [0.25, 0.3) is 0 Å². The fourth-order valence-corrected chi connectivity index (χ4v) is 3.15. The number of nitrogens with two attached hydrogens (primary N) is 2. The van der Waals surface area contributed by atoms with Crippen molar-refractivity contribution in [2.45, 2.75) is 31.6 Å². The van der Waals surface area contributed by atoms with E-state index in [0.29, 0.717) is 0 Å². The van der Waals surface area contributed by atoms with Gasteiger partial charge >= 0.3 is 5.69 Å². The summed E-state index contributed by atoms with van der Waals surface area (Å²) in [7, 11) is 0. The van der Waals surface area contributed by atoms with Crippen LogP contribution in [-0.4, -0.2) is 34.4 Å². The molecule has 2 fully saturated rings. The van der Waals surface area contributed by atoms with Gasteiger partial charge in [-0.15, -0.1) is 0 Å². The molecule has 7 nitrogen and oxygen atoms in total. The maximum absolute atomic E-state index is 11.1. The fraction of sp³-hybridized carbons (Fsp3) is 0.643. The number of likely N-dealkylation sites (tertiary alicyclic amines) is 1. The second-order valence-electron chi connectivity index (χ2n) is 6.14. The van der Waals surface area contributed by atoms with Gasteiger partial charge in [-0.05, 0) is 50.6 Å². The Morgan fingerprint density at radius 2 is 1.95 bits per heavy atom. The molecule has 1 aromatic rings. The van der Waals surface area contributed by atoms with E-state index < -0.39 is 4.92 Å². The third-order valence-electron chi connectivity index (χ3n) is 4.57. The monoisotopic (exact) mass is 291 g/mol. The molecule has 0 amide bonds. The smallest absolute Gasteiger partial charge is 0.334 e. The molecule has 0 spiro atoms. The normalized spacial score (nSPS) is 20.6. The summed E-state index contributed by atoms with van der Waals surface area (Å²) in [5, 5.41) is 11.1. The molecule has 1 saturated carbocycles. The van der Waals surface area contributed by atoms with E-state index in [-0.39, 0.29) is 23.1 Å². The van der Waals surface area contributed by atoms with Crippen molar-refractivity contribution >= 4 is 17.2 Å². The standard InChI is InChI=1S/C14H21N5O2/c15-12-11(7-17-14(16)13(12)19(20)21)10-3-5-18(6-4-10)8-9-1-2-9/h7,9-10H,1-6,8H2,(H4,15,16,17). The highest BCUT2D eigenvalue weighted by Gasteiger charge is 2.30. The maximum Gasteiger partial charge on any atom is 0.334 e. The van der Waals surface area contributed by atoms with Gasteiger partial charge in [-0.3, -0.25) is 10.1 Å². The Hall–Kier alpha value is -1.89. The second-order valence-corrected chi connectivity index (χ2v) is 6.14. The van der Waals surface area contributed by atoms with Crippen LogP contribution in [0, 0.1) is 16.0 Å². The van der Waals surface area contributed by atoms with Gasteiger partial charge in [0.15, 0.2) is 0 Å². The van der Waals surface area contributed by atoms with Gasteiger partial charge in [-0.1, -0.05) is 0 Å². The van der Waals surface area contributed by atoms with Crippen molar-refractivity contribution in [2.75, 3.05) is 31.1 Å². The number of rotatable bonds is 4. The molecule has 114 valence electrons. The van der Waals surface area contributed by atoms with Crippen molar-refractivity contribution in [1.29, 1.82) is 0 Å². The summed E-state index contributed by atoms with van der Waals surface area (Å²) in [5.41, 5.74) is 12.3. The van der Waals surface area contributed by atoms with Crippen LogP contribution in [0.1, 0.15) is 37.2 Å². The van der Waals surface area contributed by atoms with E-state index in [4.69, 9.17) is 11.5 Å². The van der Waals surface area contributed by atoms with Crippen LogP contribution in [0.15, 0.2) is 6.20 Å². The summed E-state index contributed by atoms with van der Waals surface area (Å²) in [6, 6.07) is 0. The van der Waals surface area contributed by atoms with Gasteiger partial charge in [0.2, 0.25) is 5.82 Å². The van der Waals surface area contributed by atoms with Gasteiger partial charge in [0.05, 0.1) is 4.92 Å². The van der Waals surface area contributed by atoms with E-state index in [9.17, 15) is 10.1 Å². The number of nitro groups is 1. The molecule has 7 heteroatoms. The van der Waals surface area contributed by atoms with Crippen LogP contribution >= 0.6 is 0 Å². The molecular weight excluding hydrogens is 270 g/mol. The summed E-state index contributed by atoms with van der Waals surface area (Å²) >= 11 is 0. The van der Waals surface area contributed by atoms with Crippen molar-refractivity contribution in [3.8, 4) is 0 Å². The molecule has 0 atom stereocenters. The third kappa shape index (κ3) is 2.92. The van der Waals surface area contributed by atoms with Gasteiger partial charge in [-0.25, -0.2) is 4.98 Å². The Labute approximate surface area is 123 Å². The van der Waals surface area contributed by atoms with Gasteiger partial charge < -0.3 is 16.4 Å². The van der Waals surface area contributed by atoms with E-state index in [1.165, 1.54) is 19.4 Å². The minimum Gasteiger partial charge on any atom is -0.393 e. The number of pyridine rings is 1. The average Bonchev–Trinajstić information content (AvgIpc) is 3.24. The lowest BCUT2D eigenvalue weighted by Gasteiger charge is -2.32. The largest absolute Gasteiger partial charge is 0.393 e. The molecule has 1 aliphatic carbocycles. The number of anilines is 2. The molecule has 4 N–H and O–H groups in total. The highest BCUT2D eigenvalue weighted by molar-refractivity contribution is 5.72. The number of hydrogen-bond donors (Lipinski definition) is 2. The summed E-state index contributed by atoms with van der Waals surface area (Å²) in [6.07, 6.45) is 6.28. The molecular formula is C14H21N5O2. The minimum absolute atomic E-state index is 0.104. The summed E-state index contributed by atoms with van der Waals surface area (Å²) in [5.74, 6) is 1.03. The number of nitrogen functional groups attached to an aromatic ring is 2. The molecule has 0 bridgehead atoms. The quantitative estimate of drug-likeness (QED) is 0.645. The molecule has 21 heavy (non-hydrogen) atoms. The Balaban J connectivity index is 1.72. The fourth-order valence-electron chi connectivity index (χ4n) is 3.15. The van der Waals surface area contributed by atoms with Crippen LogP contribution in [-0.2, 0) is 0 Å². The van der Waals surface area contributed by atoms with E-state index in [2.05, 4.69) is 9.88 Å². The van der Waals surface area contributed by atoms with Gasteiger partial charge in [0, 0.05) is 18.3 Å². The van der Waals surface area contributed by atoms with Crippen molar-refractivity contribution < 1.29 is 4.92 Å². The van der Waals surface area contributed by atoms with Crippen LogP contribution in [0.4, 0.5) is 17.2 Å².